The van der Waals surface area contributed by atoms with Crippen molar-refractivity contribution in [2.24, 2.45) is 0 Å². The maximum Gasteiger partial charge on any atom is 0.295 e. The summed E-state index contributed by atoms with van der Waals surface area (Å²) in [5.74, 6) is -1.45. The van der Waals surface area contributed by atoms with E-state index in [1.54, 1.807) is 29.2 Å². The summed E-state index contributed by atoms with van der Waals surface area (Å²) in [7, 11) is 0. The number of aliphatic hydroxyl groups is 1. The van der Waals surface area contributed by atoms with E-state index in [9.17, 15) is 14.7 Å². The number of halogens is 1. The summed E-state index contributed by atoms with van der Waals surface area (Å²) in [6.45, 7) is 0.969. The minimum atomic E-state index is -0.691. The molecule has 2 saturated heterocycles. The van der Waals surface area contributed by atoms with Crippen molar-refractivity contribution < 1.29 is 19.4 Å². The van der Waals surface area contributed by atoms with E-state index in [0.29, 0.717) is 18.7 Å². The number of likely N-dealkylation sites (tertiary alicyclic amines) is 1. The number of amides is 1. The van der Waals surface area contributed by atoms with Gasteiger partial charge in [-0.25, -0.2) is 0 Å². The Morgan fingerprint density at radius 3 is 2.68 bits per heavy atom. The number of para-hydroxylation sites is 1. The quantitative estimate of drug-likeness (QED) is 0.326. The number of H-pyrrole nitrogens is 1. The molecule has 3 aromatic rings. The molecule has 2 unspecified atom stereocenters. The fraction of sp³-hybridized carbons (Fsp3) is 0.250. The lowest BCUT2D eigenvalue weighted by Crippen LogP contribution is -2.36. The summed E-state index contributed by atoms with van der Waals surface area (Å²) in [6.07, 6.45) is 3.48. The second-order valence-corrected chi connectivity index (χ2v) is 8.80. The van der Waals surface area contributed by atoms with Gasteiger partial charge < -0.3 is 19.7 Å². The van der Waals surface area contributed by atoms with Crippen molar-refractivity contribution in [1.82, 2.24) is 9.88 Å². The monoisotopic (exact) mass is 480 g/mol. The molecule has 2 fully saturated rings. The Kier molecular flexibility index (Phi) is 5.16. The lowest BCUT2D eigenvalue weighted by molar-refractivity contribution is -0.140. The van der Waals surface area contributed by atoms with Gasteiger partial charge in [-0.3, -0.25) is 9.59 Å². The molecule has 0 saturated carbocycles. The summed E-state index contributed by atoms with van der Waals surface area (Å²) >= 11 is 3.38. The van der Waals surface area contributed by atoms with Crippen LogP contribution in [0.1, 0.15) is 30.0 Å². The highest BCUT2D eigenvalue weighted by atomic mass is 79.9. The molecule has 3 heterocycles. The van der Waals surface area contributed by atoms with Gasteiger partial charge >= 0.3 is 0 Å². The number of aromatic nitrogens is 1. The Morgan fingerprint density at radius 2 is 1.94 bits per heavy atom. The van der Waals surface area contributed by atoms with E-state index in [2.05, 4.69) is 20.9 Å². The standard InChI is InChI=1S/C24H21BrN2O4/c25-15-9-7-14(8-10-15)22(28)20-21(18-12-26-19-6-2-1-5-17(18)19)27(24(30)23(20)29)13-16-4-3-11-31-16/h1-2,5-10,12,16,21,26,28H,3-4,11,13H2/b22-20+. The second kappa shape index (κ2) is 7.98. The predicted molar refractivity (Wildman–Crippen MR) is 120 cm³/mol. The lowest BCUT2D eigenvalue weighted by Gasteiger charge is -2.27. The van der Waals surface area contributed by atoms with Crippen LogP contribution < -0.4 is 0 Å². The predicted octanol–water partition coefficient (Wildman–Crippen LogP) is 4.53. The average molecular weight is 481 g/mol. The molecule has 5 rings (SSSR count). The third kappa shape index (κ3) is 3.47. The first-order valence-corrected chi connectivity index (χ1v) is 11.1. The summed E-state index contributed by atoms with van der Waals surface area (Å²) in [5.41, 5.74) is 2.29. The van der Waals surface area contributed by atoms with Crippen molar-refractivity contribution in [2.75, 3.05) is 13.2 Å². The van der Waals surface area contributed by atoms with Crippen LogP contribution in [0.3, 0.4) is 0 Å². The van der Waals surface area contributed by atoms with E-state index < -0.39 is 17.7 Å². The Labute approximate surface area is 187 Å². The molecule has 6 nitrogen and oxygen atoms in total. The maximum atomic E-state index is 13.1. The van der Waals surface area contributed by atoms with Gasteiger partial charge in [0.15, 0.2) is 0 Å². The molecule has 2 aromatic carbocycles. The van der Waals surface area contributed by atoms with Crippen molar-refractivity contribution in [1.29, 1.82) is 0 Å². The number of nitrogens with one attached hydrogen (secondary N) is 1. The number of hydrogen-bond acceptors (Lipinski definition) is 4. The van der Waals surface area contributed by atoms with Crippen molar-refractivity contribution in [2.45, 2.75) is 25.0 Å². The number of ether oxygens (including phenoxy) is 1. The van der Waals surface area contributed by atoms with Crippen LogP contribution in [0.4, 0.5) is 0 Å². The van der Waals surface area contributed by atoms with Gasteiger partial charge in [-0.2, -0.15) is 0 Å². The smallest absolute Gasteiger partial charge is 0.295 e. The molecule has 0 spiro atoms. The number of nitrogens with zero attached hydrogens (tertiary/aromatic N) is 1. The molecule has 31 heavy (non-hydrogen) atoms. The Morgan fingerprint density at radius 1 is 1.16 bits per heavy atom. The number of fused-ring (bicyclic) bond motifs is 1. The number of ketones is 1. The highest BCUT2D eigenvalue weighted by Crippen LogP contribution is 2.42. The zero-order valence-electron chi connectivity index (χ0n) is 16.7. The number of carbonyl (C=O) groups excluding carboxylic acids is 2. The number of hydrogen-bond donors (Lipinski definition) is 2. The zero-order chi connectivity index (χ0) is 21.5. The third-order valence-electron chi connectivity index (χ3n) is 6.00. The molecular weight excluding hydrogens is 460 g/mol. The molecule has 1 amide bonds. The molecule has 2 aliphatic rings. The Hall–Kier alpha value is -2.90. The van der Waals surface area contributed by atoms with E-state index in [1.807, 2.05) is 30.5 Å². The molecule has 2 N–H and O–H groups in total. The molecule has 2 atom stereocenters. The van der Waals surface area contributed by atoms with Gasteiger partial charge in [0.1, 0.15) is 5.76 Å². The fourth-order valence-corrected chi connectivity index (χ4v) is 4.75. The topological polar surface area (TPSA) is 82.6 Å². The third-order valence-corrected chi connectivity index (χ3v) is 6.53. The average Bonchev–Trinajstić information content (AvgIpc) is 3.49. The minimum Gasteiger partial charge on any atom is -0.507 e. The lowest BCUT2D eigenvalue weighted by atomic mass is 9.95. The molecule has 158 valence electrons. The van der Waals surface area contributed by atoms with Crippen LogP contribution in [0, 0.1) is 0 Å². The van der Waals surface area contributed by atoms with Crippen LogP contribution in [-0.2, 0) is 14.3 Å². The maximum absolute atomic E-state index is 13.1. The molecule has 0 radical (unpaired) electrons. The Bertz CT molecular complexity index is 1190. The van der Waals surface area contributed by atoms with Crippen LogP contribution in [-0.4, -0.2) is 45.9 Å². The van der Waals surface area contributed by atoms with Gasteiger partial charge in [0.05, 0.1) is 17.7 Å². The number of aliphatic hydroxyl groups excluding tert-OH is 1. The van der Waals surface area contributed by atoms with Gasteiger partial charge in [-0.1, -0.05) is 46.3 Å². The zero-order valence-corrected chi connectivity index (χ0v) is 18.3. The van der Waals surface area contributed by atoms with Gasteiger partial charge in [-0.15, -0.1) is 0 Å². The van der Waals surface area contributed by atoms with Crippen LogP contribution in [0.2, 0.25) is 0 Å². The number of benzene rings is 2. The first-order chi connectivity index (χ1) is 15.0. The highest BCUT2D eigenvalue weighted by Gasteiger charge is 2.47. The minimum absolute atomic E-state index is 0.107. The van der Waals surface area contributed by atoms with E-state index in [-0.39, 0.29) is 17.4 Å². The summed E-state index contributed by atoms with van der Waals surface area (Å²) < 4.78 is 6.61. The van der Waals surface area contributed by atoms with E-state index in [4.69, 9.17) is 4.74 Å². The largest absolute Gasteiger partial charge is 0.507 e. The van der Waals surface area contributed by atoms with Crippen LogP contribution in [0.5, 0.6) is 0 Å². The Balaban J connectivity index is 1.67. The number of aromatic amines is 1. The summed E-state index contributed by atoms with van der Waals surface area (Å²) in [4.78, 5) is 31.0. The molecule has 2 aliphatic heterocycles. The highest BCUT2D eigenvalue weighted by molar-refractivity contribution is 9.10. The first kappa shape index (κ1) is 20.0. The van der Waals surface area contributed by atoms with Crippen LogP contribution >= 0.6 is 15.9 Å². The van der Waals surface area contributed by atoms with Gasteiger partial charge in [0.2, 0.25) is 0 Å². The van der Waals surface area contributed by atoms with E-state index in [0.717, 1.165) is 33.8 Å². The van der Waals surface area contributed by atoms with Gasteiger partial charge in [0.25, 0.3) is 11.7 Å². The summed E-state index contributed by atoms with van der Waals surface area (Å²) in [5, 5.41) is 12.1. The van der Waals surface area contributed by atoms with Crippen molar-refractivity contribution in [3.8, 4) is 0 Å². The van der Waals surface area contributed by atoms with Crippen molar-refractivity contribution in [3.63, 3.8) is 0 Å². The fourth-order valence-electron chi connectivity index (χ4n) is 4.48. The van der Waals surface area contributed by atoms with Crippen molar-refractivity contribution >= 4 is 44.3 Å². The molecular formula is C24H21BrN2O4. The van der Waals surface area contributed by atoms with Crippen LogP contribution in [0.15, 0.2) is 64.8 Å². The number of carbonyl (C=O) groups is 2. The molecule has 0 bridgehead atoms. The van der Waals surface area contributed by atoms with Gasteiger partial charge in [-0.05, 0) is 31.0 Å². The molecule has 1 aromatic heterocycles. The first-order valence-electron chi connectivity index (χ1n) is 10.3. The molecule has 7 heteroatoms. The van der Waals surface area contributed by atoms with E-state index >= 15 is 0 Å². The van der Waals surface area contributed by atoms with E-state index in [1.165, 1.54) is 0 Å². The summed E-state index contributed by atoms with van der Waals surface area (Å²) in [6, 6.07) is 14.1. The number of Topliss-reactive ketones (excluding diaryl/α,β-unsaturated/α-hetero) is 1. The normalized spacial score (nSPS) is 23.2. The van der Waals surface area contributed by atoms with Gasteiger partial charge in [0, 0.05) is 45.9 Å². The van der Waals surface area contributed by atoms with Crippen LogP contribution in [0.25, 0.3) is 16.7 Å². The number of rotatable bonds is 4. The SMILES string of the molecule is O=C1C(=O)N(CC2CCCO2)C(c2c[nH]c3ccccc23)/C1=C(\O)c1ccc(Br)cc1. The van der Waals surface area contributed by atoms with Crippen molar-refractivity contribution in [3.05, 3.63) is 75.9 Å². The second-order valence-electron chi connectivity index (χ2n) is 7.88. The molecule has 0 aliphatic carbocycles.